The van der Waals surface area contributed by atoms with Gasteiger partial charge in [0.05, 0.1) is 6.26 Å². The van der Waals surface area contributed by atoms with E-state index in [1.807, 2.05) is 6.92 Å². The fraction of sp³-hybridized carbons (Fsp3) is 0.333. The molecule has 0 bridgehead atoms. The molecule has 0 unspecified atom stereocenters. The highest BCUT2D eigenvalue weighted by molar-refractivity contribution is 5.00. The standard InChI is InChI=1S/C7H10O2.C2H2/c1-2-6(8)7-4-3-5-9-7;1-2/h3-6,8H,2H2,1H3;1-2H/t6-;/m0./s1. The van der Waals surface area contributed by atoms with Crippen LogP contribution in [0, 0.1) is 12.8 Å². The number of rotatable bonds is 2. The van der Waals surface area contributed by atoms with Gasteiger partial charge < -0.3 is 9.52 Å². The van der Waals surface area contributed by atoms with Crippen LogP contribution in [0.3, 0.4) is 0 Å². The van der Waals surface area contributed by atoms with Gasteiger partial charge in [0.2, 0.25) is 0 Å². The largest absolute Gasteiger partial charge is 0.467 e. The molecule has 0 saturated heterocycles. The Morgan fingerprint density at radius 1 is 1.64 bits per heavy atom. The third-order valence-electron chi connectivity index (χ3n) is 1.26. The molecule has 1 heterocycles. The van der Waals surface area contributed by atoms with Crippen molar-refractivity contribution in [2.45, 2.75) is 19.4 Å². The molecule has 2 heteroatoms. The number of terminal acetylenes is 1. The second-order valence-corrected chi connectivity index (χ2v) is 1.94. The van der Waals surface area contributed by atoms with Crippen molar-refractivity contribution in [1.29, 1.82) is 0 Å². The number of aliphatic hydroxyl groups excluding tert-OH is 1. The Kier molecular flexibility index (Phi) is 4.97. The number of hydrogen-bond acceptors (Lipinski definition) is 2. The summed E-state index contributed by atoms with van der Waals surface area (Å²) in [6.45, 7) is 1.91. The Morgan fingerprint density at radius 2 is 2.27 bits per heavy atom. The van der Waals surface area contributed by atoms with E-state index >= 15 is 0 Å². The summed E-state index contributed by atoms with van der Waals surface area (Å²) in [4.78, 5) is 0. The third kappa shape index (κ3) is 2.92. The lowest BCUT2D eigenvalue weighted by molar-refractivity contribution is 0.146. The predicted octanol–water partition coefficient (Wildman–Crippen LogP) is 1.97. The van der Waals surface area contributed by atoms with Gasteiger partial charge in [-0.1, -0.05) is 6.92 Å². The van der Waals surface area contributed by atoms with Crippen LogP contribution in [-0.2, 0) is 0 Å². The molecule has 0 aliphatic carbocycles. The number of aliphatic hydroxyl groups is 1. The van der Waals surface area contributed by atoms with Crippen molar-refractivity contribution in [3.05, 3.63) is 24.2 Å². The molecule has 11 heavy (non-hydrogen) atoms. The highest BCUT2D eigenvalue weighted by atomic mass is 16.4. The summed E-state index contributed by atoms with van der Waals surface area (Å²) in [5.41, 5.74) is 0. The minimum absolute atomic E-state index is 0.431. The van der Waals surface area contributed by atoms with Gasteiger partial charge >= 0.3 is 0 Å². The van der Waals surface area contributed by atoms with E-state index in [4.69, 9.17) is 9.52 Å². The first kappa shape index (κ1) is 9.80. The van der Waals surface area contributed by atoms with Crippen LogP contribution >= 0.6 is 0 Å². The van der Waals surface area contributed by atoms with Crippen LogP contribution in [0.1, 0.15) is 25.2 Å². The van der Waals surface area contributed by atoms with Crippen LogP contribution in [0.5, 0.6) is 0 Å². The van der Waals surface area contributed by atoms with Gasteiger partial charge in [0.1, 0.15) is 11.9 Å². The third-order valence-corrected chi connectivity index (χ3v) is 1.26. The van der Waals surface area contributed by atoms with E-state index in [-0.39, 0.29) is 0 Å². The lowest BCUT2D eigenvalue weighted by atomic mass is 10.2. The summed E-state index contributed by atoms with van der Waals surface area (Å²) >= 11 is 0. The van der Waals surface area contributed by atoms with Crippen LogP contribution in [0.15, 0.2) is 22.8 Å². The molecule has 0 radical (unpaired) electrons. The topological polar surface area (TPSA) is 33.4 Å². The fourth-order valence-electron chi connectivity index (χ4n) is 0.682. The zero-order valence-electron chi connectivity index (χ0n) is 6.53. The van der Waals surface area contributed by atoms with Crippen LogP contribution in [-0.4, -0.2) is 5.11 Å². The SMILES string of the molecule is C#C.CC[C@H](O)c1ccco1. The van der Waals surface area contributed by atoms with Gasteiger partial charge in [-0.2, -0.15) is 0 Å². The molecule has 1 aromatic rings. The van der Waals surface area contributed by atoms with Gasteiger partial charge in [-0.25, -0.2) is 0 Å². The Bertz CT molecular complexity index is 187. The van der Waals surface area contributed by atoms with Gasteiger partial charge in [0, 0.05) is 0 Å². The van der Waals surface area contributed by atoms with Crippen molar-refractivity contribution < 1.29 is 9.52 Å². The van der Waals surface area contributed by atoms with Crippen LogP contribution in [0.2, 0.25) is 0 Å². The molecule has 1 rings (SSSR count). The molecular weight excluding hydrogens is 140 g/mol. The van der Waals surface area contributed by atoms with E-state index in [1.165, 1.54) is 0 Å². The minimum atomic E-state index is -0.431. The molecule has 2 nitrogen and oxygen atoms in total. The fourth-order valence-corrected chi connectivity index (χ4v) is 0.682. The second kappa shape index (κ2) is 5.57. The molecule has 0 amide bonds. The summed E-state index contributed by atoms with van der Waals surface area (Å²) < 4.78 is 4.94. The Morgan fingerprint density at radius 3 is 2.64 bits per heavy atom. The molecule has 0 aromatic carbocycles. The highest BCUT2D eigenvalue weighted by Gasteiger charge is 2.05. The molecule has 1 aromatic heterocycles. The maximum atomic E-state index is 9.12. The van der Waals surface area contributed by atoms with Crippen molar-refractivity contribution in [1.82, 2.24) is 0 Å². The van der Waals surface area contributed by atoms with E-state index in [0.717, 1.165) is 0 Å². The summed E-state index contributed by atoms with van der Waals surface area (Å²) in [7, 11) is 0. The molecule has 1 N–H and O–H groups in total. The van der Waals surface area contributed by atoms with Gasteiger partial charge in [-0.05, 0) is 18.6 Å². The Balaban J connectivity index is 0.000000461. The van der Waals surface area contributed by atoms with Gasteiger partial charge in [-0.15, -0.1) is 12.8 Å². The van der Waals surface area contributed by atoms with E-state index in [0.29, 0.717) is 12.2 Å². The summed E-state index contributed by atoms with van der Waals surface area (Å²) in [5, 5.41) is 9.12. The van der Waals surface area contributed by atoms with Crippen molar-refractivity contribution in [3.63, 3.8) is 0 Å². The first-order valence-corrected chi connectivity index (χ1v) is 3.39. The molecule has 0 spiro atoms. The quantitative estimate of drug-likeness (QED) is 0.657. The van der Waals surface area contributed by atoms with E-state index < -0.39 is 6.10 Å². The number of furan rings is 1. The molecule has 0 fully saturated rings. The van der Waals surface area contributed by atoms with Crippen molar-refractivity contribution in [2.75, 3.05) is 0 Å². The summed E-state index contributed by atoms with van der Waals surface area (Å²) in [6, 6.07) is 3.54. The number of hydrogen-bond donors (Lipinski definition) is 1. The lowest BCUT2D eigenvalue weighted by Crippen LogP contribution is -1.90. The normalized spacial score (nSPS) is 11.3. The molecular formula is C9H12O2. The van der Waals surface area contributed by atoms with E-state index in [2.05, 4.69) is 12.8 Å². The molecule has 60 valence electrons. The van der Waals surface area contributed by atoms with Crippen LogP contribution in [0.4, 0.5) is 0 Å². The smallest absolute Gasteiger partial charge is 0.132 e. The first-order valence-electron chi connectivity index (χ1n) is 3.39. The van der Waals surface area contributed by atoms with E-state index in [9.17, 15) is 0 Å². The van der Waals surface area contributed by atoms with Crippen LogP contribution in [0.25, 0.3) is 0 Å². The lowest BCUT2D eigenvalue weighted by Gasteiger charge is -2.00. The van der Waals surface area contributed by atoms with Gasteiger partial charge in [0.15, 0.2) is 0 Å². The summed E-state index contributed by atoms with van der Waals surface area (Å²) in [5.74, 6) is 0.650. The Labute approximate surface area is 66.8 Å². The van der Waals surface area contributed by atoms with E-state index in [1.54, 1.807) is 18.4 Å². The molecule has 0 aliphatic rings. The highest BCUT2D eigenvalue weighted by Crippen LogP contribution is 2.15. The van der Waals surface area contributed by atoms with Gasteiger partial charge in [0.25, 0.3) is 0 Å². The second-order valence-electron chi connectivity index (χ2n) is 1.94. The first-order chi connectivity index (χ1) is 5.34. The molecule has 1 atom stereocenters. The molecule has 0 saturated carbocycles. The van der Waals surface area contributed by atoms with Crippen molar-refractivity contribution in [3.8, 4) is 12.8 Å². The zero-order chi connectivity index (χ0) is 8.69. The molecule has 0 aliphatic heterocycles. The van der Waals surface area contributed by atoms with Crippen molar-refractivity contribution in [2.24, 2.45) is 0 Å². The van der Waals surface area contributed by atoms with Crippen LogP contribution < -0.4 is 0 Å². The average molecular weight is 152 g/mol. The predicted molar refractivity (Wildman–Crippen MR) is 43.8 cm³/mol. The minimum Gasteiger partial charge on any atom is -0.467 e. The average Bonchev–Trinajstić information content (AvgIpc) is 2.59. The van der Waals surface area contributed by atoms with Gasteiger partial charge in [-0.3, -0.25) is 0 Å². The summed E-state index contributed by atoms with van der Waals surface area (Å²) in [6.07, 6.45) is 9.84. The zero-order valence-corrected chi connectivity index (χ0v) is 6.53. The van der Waals surface area contributed by atoms with Crippen molar-refractivity contribution >= 4 is 0 Å². The maximum Gasteiger partial charge on any atom is 0.132 e. The Hall–Kier alpha value is -1.20. The maximum absolute atomic E-state index is 9.12. The monoisotopic (exact) mass is 152 g/mol.